The second-order valence-electron chi connectivity index (χ2n) is 5.07. The van der Waals surface area contributed by atoms with E-state index in [1.807, 2.05) is 7.05 Å². The maximum absolute atomic E-state index is 12.1. The molecular formula is C12H23F3N2. The molecule has 0 heterocycles. The summed E-state index contributed by atoms with van der Waals surface area (Å²) in [5.41, 5.74) is 0. The average Bonchev–Trinajstić information content (AvgIpc) is 2.75. The van der Waals surface area contributed by atoms with Crippen LogP contribution in [0.4, 0.5) is 13.2 Å². The second-order valence-corrected chi connectivity index (χ2v) is 5.07. The molecule has 17 heavy (non-hydrogen) atoms. The van der Waals surface area contributed by atoms with Crippen LogP contribution in [0, 0.1) is 5.92 Å². The Balaban J connectivity index is 2.29. The van der Waals surface area contributed by atoms with Gasteiger partial charge < -0.3 is 10.2 Å². The lowest BCUT2D eigenvalue weighted by Crippen LogP contribution is -2.43. The van der Waals surface area contributed by atoms with Crippen LogP contribution in [-0.2, 0) is 0 Å². The summed E-state index contributed by atoms with van der Waals surface area (Å²) in [6, 6.07) is 0.329. The Kier molecular flexibility index (Phi) is 5.73. The molecule has 0 aromatic carbocycles. The minimum absolute atomic E-state index is 0.0917. The second kappa shape index (κ2) is 6.59. The van der Waals surface area contributed by atoms with Gasteiger partial charge in [-0.05, 0) is 32.9 Å². The van der Waals surface area contributed by atoms with Gasteiger partial charge in [0.15, 0.2) is 0 Å². The highest BCUT2D eigenvalue weighted by molar-refractivity contribution is 4.81. The normalized spacial score (nSPS) is 20.1. The van der Waals surface area contributed by atoms with Crippen molar-refractivity contribution in [2.75, 3.05) is 27.2 Å². The molecule has 1 aliphatic carbocycles. The number of rotatable bonds is 6. The summed E-state index contributed by atoms with van der Waals surface area (Å²) in [5, 5.41) is 3.25. The molecule has 0 aromatic heterocycles. The summed E-state index contributed by atoms with van der Waals surface area (Å²) in [4.78, 5) is 1.78. The number of nitrogens with zero attached hydrogens (tertiary/aromatic N) is 1. The molecular weight excluding hydrogens is 229 g/mol. The van der Waals surface area contributed by atoms with Crippen LogP contribution < -0.4 is 5.32 Å². The fraction of sp³-hybridized carbons (Fsp3) is 1.00. The van der Waals surface area contributed by atoms with Crippen LogP contribution in [0.1, 0.15) is 32.1 Å². The van der Waals surface area contributed by atoms with Gasteiger partial charge >= 0.3 is 6.18 Å². The van der Waals surface area contributed by atoms with Crippen molar-refractivity contribution in [1.82, 2.24) is 10.2 Å². The summed E-state index contributed by atoms with van der Waals surface area (Å²) in [7, 11) is 3.67. The largest absolute Gasteiger partial charge is 0.390 e. The predicted octanol–water partition coefficient (Wildman–Crippen LogP) is 2.65. The molecule has 1 atom stereocenters. The summed E-state index contributed by atoms with van der Waals surface area (Å²) < 4.78 is 36.3. The van der Waals surface area contributed by atoms with Crippen LogP contribution in [0.15, 0.2) is 0 Å². The SMILES string of the molecule is CNC(CN(C)CCC(F)(F)F)C1CCCC1. The van der Waals surface area contributed by atoms with Crippen LogP contribution in [0.2, 0.25) is 0 Å². The smallest absolute Gasteiger partial charge is 0.315 e. The van der Waals surface area contributed by atoms with E-state index in [4.69, 9.17) is 0 Å². The summed E-state index contributed by atoms with van der Waals surface area (Å²) in [5.74, 6) is 0.633. The van der Waals surface area contributed by atoms with Crippen molar-refractivity contribution in [2.45, 2.75) is 44.3 Å². The fourth-order valence-electron chi connectivity index (χ4n) is 2.58. The Bertz CT molecular complexity index is 212. The maximum Gasteiger partial charge on any atom is 0.390 e. The Morgan fingerprint density at radius 3 is 2.35 bits per heavy atom. The summed E-state index contributed by atoms with van der Waals surface area (Å²) in [6.45, 7) is 0.797. The van der Waals surface area contributed by atoms with Gasteiger partial charge in [-0.1, -0.05) is 12.8 Å². The van der Waals surface area contributed by atoms with Crippen LogP contribution >= 0.6 is 0 Å². The lowest BCUT2D eigenvalue weighted by Gasteiger charge is -2.28. The number of hydrogen-bond donors (Lipinski definition) is 1. The van der Waals surface area contributed by atoms with Gasteiger partial charge in [0.25, 0.3) is 0 Å². The molecule has 0 saturated heterocycles. The van der Waals surface area contributed by atoms with Gasteiger partial charge in [-0.15, -0.1) is 0 Å². The zero-order valence-corrected chi connectivity index (χ0v) is 10.7. The van der Waals surface area contributed by atoms with E-state index in [1.54, 1.807) is 11.9 Å². The molecule has 0 amide bonds. The van der Waals surface area contributed by atoms with E-state index in [-0.39, 0.29) is 6.54 Å². The van der Waals surface area contributed by atoms with Crippen LogP contribution in [0.25, 0.3) is 0 Å². The number of alkyl halides is 3. The molecule has 1 aliphatic rings. The lowest BCUT2D eigenvalue weighted by atomic mass is 9.98. The van der Waals surface area contributed by atoms with E-state index in [0.29, 0.717) is 18.5 Å². The van der Waals surface area contributed by atoms with Gasteiger partial charge in [-0.3, -0.25) is 0 Å². The third kappa shape index (κ3) is 5.73. The third-order valence-corrected chi connectivity index (χ3v) is 3.63. The highest BCUT2D eigenvalue weighted by Crippen LogP contribution is 2.28. The van der Waals surface area contributed by atoms with Gasteiger partial charge in [-0.2, -0.15) is 13.2 Å². The molecule has 1 rings (SSSR count). The van der Waals surface area contributed by atoms with E-state index < -0.39 is 12.6 Å². The molecule has 1 N–H and O–H groups in total. The molecule has 0 aromatic rings. The molecule has 5 heteroatoms. The highest BCUT2D eigenvalue weighted by atomic mass is 19.4. The first-order valence-corrected chi connectivity index (χ1v) is 6.35. The molecule has 2 nitrogen and oxygen atoms in total. The first-order chi connectivity index (χ1) is 7.92. The van der Waals surface area contributed by atoms with Crippen molar-refractivity contribution in [2.24, 2.45) is 5.92 Å². The van der Waals surface area contributed by atoms with E-state index in [0.717, 1.165) is 0 Å². The first-order valence-electron chi connectivity index (χ1n) is 6.35. The Morgan fingerprint density at radius 1 is 1.29 bits per heavy atom. The number of likely N-dealkylation sites (N-methyl/N-ethyl adjacent to an activating group) is 2. The van der Waals surface area contributed by atoms with E-state index >= 15 is 0 Å². The van der Waals surface area contributed by atoms with Gasteiger partial charge in [0.05, 0.1) is 6.42 Å². The predicted molar refractivity (Wildman–Crippen MR) is 63.0 cm³/mol. The molecule has 0 radical (unpaired) electrons. The van der Waals surface area contributed by atoms with Crippen molar-refractivity contribution < 1.29 is 13.2 Å². The molecule has 1 fully saturated rings. The summed E-state index contributed by atoms with van der Waals surface area (Å²) >= 11 is 0. The van der Waals surface area contributed by atoms with Gasteiger partial charge in [0, 0.05) is 19.1 Å². The van der Waals surface area contributed by atoms with Gasteiger partial charge in [0.2, 0.25) is 0 Å². The minimum Gasteiger partial charge on any atom is -0.315 e. The van der Waals surface area contributed by atoms with Crippen LogP contribution in [0.3, 0.4) is 0 Å². The fourth-order valence-corrected chi connectivity index (χ4v) is 2.58. The van der Waals surface area contributed by atoms with Crippen molar-refractivity contribution >= 4 is 0 Å². The topological polar surface area (TPSA) is 15.3 Å². The lowest BCUT2D eigenvalue weighted by molar-refractivity contribution is -0.137. The molecule has 1 unspecified atom stereocenters. The Morgan fingerprint density at radius 2 is 1.88 bits per heavy atom. The van der Waals surface area contributed by atoms with E-state index in [9.17, 15) is 13.2 Å². The standard InChI is InChI=1S/C12H23F3N2/c1-16-11(10-5-3-4-6-10)9-17(2)8-7-12(13,14)15/h10-11,16H,3-9H2,1-2H3. The van der Waals surface area contributed by atoms with Gasteiger partial charge in [0.1, 0.15) is 0 Å². The third-order valence-electron chi connectivity index (χ3n) is 3.63. The van der Waals surface area contributed by atoms with Crippen molar-refractivity contribution in [3.8, 4) is 0 Å². The van der Waals surface area contributed by atoms with Gasteiger partial charge in [-0.25, -0.2) is 0 Å². The molecule has 0 bridgehead atoms. The zero-order valence-electron chi connectivity index (χ0n) is 10.7. The van der Waals surface area contributed by atoms with Crippen molar-refractivity contribution in [3.05, 3.63) is 0 Å². The zero-order chi connectivity index (χ0) is 12.9. The Labute approximate surface area is 102 Å². The summed E-state index contributed by atoms with van der Waals surface area (Å²) in [6.07, 6.45) is 0.169. The highest BCUT2D eigenvalue weighted by Gasteiger charge is 2.29. The van der Waals surface area contributed by atoms with Crippen LogP contribution in [0.5, 0.6) is 0 Å². The Hall–Kier alpha value is -0.290. The minimum atomic E-state index is -4.04. The molecule has 102 valence electrons. The quantitative estimate of drug-likeness (QED) is 0.782. The van der Waals surface area contributed by atoms with Crippen LogP contribution in [-0.4, -0.2) is 44.3 Å². The van der Waals surface area contributed by atoms with E-state index in [1.165, 1.54) is 25.7 Å². The number of halogens is 3. The molecule has 0 spiro atoms. The van der Waals surface area contributed by atoms with Crippen molar-refractivity contribution in [1.29, 1.82) is 0 Å². The number of hydrogen-bond acceptors (Lipinski definition) is 2. The van der Waals surface area contributed by atoms with E-state index in [2.05, 4.69) is 5.32 Å². The maximum atomic E-state index is 12.1. The average molecular weight is 252 g/mol. The first kappa shape index (κ1) is 14.8. The number of nitrogens with one attached hydrogen (secondary N) is 1. The molecule has 1 saturated carbocycles. The van der Waals surface area contributed by atoms with Crippen molar-refractivity contribution in [3.63, 3.8) is 0 Å². The monoisotopic (exact) mass is 252 g/mol. The molecule has 0 aliphatic heterocycles.